The summed E-state index contributed by atoms with van der Waals surface area (Å²) in [7, 11) is 0. The molecule has 1 aliphatic heterocycles. The molecule has 7 nitrogen and oxygen atoms in total. The maximum atomic E-state index is 12.5. The van der Waals surface area contributed by atoms with Gasteiger partial charge in [0.25, 0.3) is 5.56 Å². The normalized spacial score (nSPS) is 15.5. The summed E-state index contributed by atoms with van der Waals surface area (Å²) in [6.07, 6.45) is 0.470. The van der Waals surface area contributed by atoms with Gasteiger partial charge in [-0.05, 0) is 43.7 Å². The Balaban J connectivity index is 1.25. The number of aromatic nitrogens is 3. The van der Waals surface area contributed by atoms with Crippen LogP contribution in [-0.4, -0.2) is 57.9 Å². The second-order valence-corrected chi connectivity index (χ2v) is 8.35. The van der Waals surface area contributed by atoms with Crippen molar-refractivity contribution >= 4 is 27.6 Å². The van der Waals surface area contributed by atoms with E-state index in [0.717, 1.165) is 57.6 Å². The molecule has 166 valence electrons. The molecule has 0 radical (unpaired) electrons. The number of ether oxygens (including phenoxy) is 1. The minimum atomic E-state index is -4.78. The average molecular weight is 453 g/mol. The van der Waals surface area contributed by atoms with E-state index in [4.69, 9.17) is 0 Å². The highest BCUT2D eigenvalue weighted by Gasteiger charge is 2.31. The Morgan fingerprint density at radius 3 is 2.45 bits per heavy atom. The lowest BCUT2D eigenvalue weighted by atomic mass is 10.2. The third-order valence-corrected chi connectivity index (χ3v) is 6.26. The summed E-state index contributed by atoms with van der Waals surface area (Å²) < 4.78 is 43.4. The van der Waals surface area contributed by atoms with Gasteiger partial charge in [0.1, 0.15) is 5.75 Å². The molecule has 31 heavy (non-hydrogen) atoms. The van der Waals surface area contributed by atoms with Crippen molar-refractivity contribution in [2.24, 2.45) is 0 Å². The third kappa shape index (κ3) is 5.53. The van der Waals surface area contributed by atoms with E-state index in [1.807, 2.05) is 0 Å². The van der Waals surface area contributed by atoms with Crippen LogP contribution in [0.5, 0.6) is 5.75 Å². The predicted octanol–water partition coefficient (Wildman–Crippen LogP) is 3.35. The number of alkyl halides is 3. The van der Waals surface area contributed by atoms with E-state index >= 15 is 0 Å². The molecular weight excluding hydrogens is 431 g/mol. The Labute approximate surface area is 180 Å². The van der Waals surface area contributed by atoms with Crippen molar-refractivity contribution in [2.75, 3.05) is 37.6 Å². The monoisotopic (exact) mass is 453 g/mol. The van der Waals surface area contributed by atoms with Gasteiger partial charge in [0.05, 0.1) is 10.1 Å². The Morgan fingerprint density at radius 2 is 1.74 bits per heavy atom. The summed E-state index contributed by atoms with van der Waals surface area (Å²) in [4.78, 5) is 25.6. The number of hydrogen-bond acceptors (Lipinski definition) is 7. The summed E-state index contributed by atoms with van der Waals surface area (Å²) in [5, 5.41) is 0.256. The summed E-state index contributed by atoms with van der Waals surface area (Å²) in [6.45, 7) is 5.11. The molecule has 0 saturated carbocycles. The van der Waals surface area contributed by atoms with Gasteiger partial charge in [-0.15, -0.1) is 13.2 Å². The highest BCUT2D eigenvalue weighted by Crippen LogP contribution is 2.27. The molecule has 0 bridgehead atoms. The van der Waals surface area contributed by atoms with E-state index in [9.17, 15) is 18.0 Å². The second-order valence-electron chi connectivity index (χ2n) is 7.29. The van der Waals surface area contributed by atoms with Crippen molar-refractivity contribution < 1.29 is 17.9 Å². The van der Waals surface area contributed by atoms with E-state index in [2.05, 4.69) is 24.5 Å². The fraction of sp³-hybridized carbons (Fsp3) is 0.450. The van der Waals surface area contributed by atoms with E-state index in [1.54, 1.807) is 22.4 Å². The van der Waals surface area contributed by atoms with Crippen LogP contribution in [0.25, 0.3) is 10.1 Å². The maximum absolute atomic E-state index is 12.5. The molecule has 3 aromatic rings. The molecule has 1 saturated heterocycles. The van der Waals surface area contributed by atoms with Crippen LogP contribution in [0, 0.1) is 0 Å². The minimum absolute atomic E-state index is 0.256. The Hall–Kier alpha value is -2.66. The summed E-state index contributed by atoms with van der Waals surface area (Å²) in [5.41, 5.74) is -0.274. The van der Waals surface area contributed by atoms with Crippen LogP contribution < -0.4 is 15.2 Å². The molecule has 1 fully saturated rings. The van der Waals surface area contributed by atoms with Crippen molar-refractivity contribution in [3.63, 3.8) is 0 Å². The van der Waals surface area contributed by atoms with Gasteiger partial charge < -0.3 is 9.64 Å². The Bertz CT molecular complexity index is 1060. The van der Waals surface area contributed by atoms with Crippen molar-refractivity contribution in [3.05, 3.63) is 47.0 Å². The van der Waals surface area contributed by atoms with Crippen LogP contribution in [0.1, 0.15) is 12.8 Å². The van der Waals surface area contributed by atoms with Crippen LogP contribution in [0.3, 0.4) is 0 Å². The average Bonchev–Trinajstić information content (AvgIpc) is 3.06. The van der Waals surface area contributed by atoms with E-state index < -0.39 is 6.36 Å². The lowest BCUT2D eigenvalue weighted by Crippen LogP contribution is -2.47. The molecule has 0 atom stereocenters. The summed E-state index contributed by atoms with van der Waals surface area (Å²) in [5.74, 6) is 0.386. The molecule has 1 aromatic carbocycles. The van der Waals surface area contributed by atoms with Crippen LogP contribution in [-0.2, 0) is 6.54 Å². The molecule has 0 N–H and O–H groups in total. The van der Waals surface area contributed by atoms with Gasteiger partial charge in [-0.2, -0.15) is 0 Å². The van der Waals surface area contributed by atoms with Crippen molar-refractivity contribution in [3.8, 4) is 5.75 Å². The Morgan fingerprint density at radius 1 is 1.03 bits per heavy atom. The second kappa shape index (κ2) is 9.23. The summed E-state index contributed by atoms with van der Waals surface area (Å²) >= 11 is 1.27. The first-order valence-corrected chi connectivity index (χ1v) is 10.8. The number of unbranched alkanes of at least 4 members (excludes halogenated alkanes) is 1. The summed E-state index contributed by atoms with van der Waals surface area (Å²) in [6, 6.07) is 5.69. The molecule has 0 amide bonds. The lowest BCUT2D eigenvalue weighted by molar-refractivity contribution is -0.274. The van der Waals surface area contributed by atoms with Gasteiger partial charge >= 0.3 is 6.36 Å². The van der Waals surface area contributed by atoms with E-state index in [1.165, 1.54) is 23.7 Å². The van der Waals surface area contributed by atoms with Crippen LogP contribution in [0.4, 0.5) is 19.1 Å². The smallest absolute Gasteiger partial charge is 0.406 e. The molecule has 1 aliphatic rings. The molecule has 4 rings (SSSR count). The van der Waals surface area contributed by atoms with E-state index in [0.29, 0.717) is 11.2 Å². The number of rotatable bonds is 7. The minimum Gasteiger partial charge on any atom is -0.406 e. The zero-order valence-electron chi connectivity index (χ0n) is 16.7. The molecule has 0 spiro atoms. The van der Waals surface area contributed by atoms with Gasteiger partial charge in [0.2, 0.25) is 5.95 Å². The first kappa shape index (κ1) is 21.6. The third-order valence-electron chi connectivity index (χ3n) is 5.14. The molecule has 3 heterocycles. The van der Waals surface area contributed by atoms with Gasteiger partial charge in [-0.1, -0.05) is 11.5 Å². The van der Waals surface area contributed by atoms with Gasteiger partial charge in [-0.25, -0.2) is 9.97 Å². The van der Waals surface area contributed by atoms with E-state index in [-0.39, 0.29) is 16.7 Å². The number of halogens is 3. The van der Waals surface area contributed by atoms with Crippen LogP contribution in [0.2, 0.25) is 0 Å². The van der Waals surface area contributed by atoms with Crippen molar-refractivity contribution in [1.82, 2.24) is 18.8 Å². The number of benzene rings is 1. The van der Waals surface area contributed by atoms with Crippen LogP contribution >= 0.6 is 11.5 Å². The fourth-order valence-electron chi connectivity index (χ4n) is 3.61. The van der Waals surface area contributed by atoms with Gasteiger partial charge in [0.15, 0.2) is 0 Å². The Kier molecular flexibility index (Phi) is 6.42. The highest BCUT2D eigenvalue weighted by molar-refractivity contribution is 7.13. The van der Waals surface area contributed by atoms with Gasteiger partial charge in [0, 0.05) is 45.1 Å². The van der Waals surface area contributed by atoms with Crippen molar-refractivity contribution in [2.45, 2.75) is 25.7 Å². The number of fused-ring (bicyclic) bond motifs is 1. The topological polar surface area (TPSA) is 63.5 Å². The predicted molar refractivity (Wildman–Crippen MR) is 113 cm³/mol. The quantitative estimate of drug-likeness (QED) is 0.512. The number of anilines is 1. The van der Waals surface area contributed by atoms with Gasteiger partial charge in [-0.3, -0.25) is 13.7 Å². The maximum Gasteiger partial charge on any atom is 0.573 e. The number of hydrogen-bond donors (Lipinski definition) is 0. The number of nitrogens with zero attached hydrogens (tertiary/aromatic N) is 5. The molecule has 2 aromatic heterocycles. The first-order valence-electron chi connectivity index (χ1n) is 10.0. The fourth-order valence-corrected chi connectivity index (χ4v) is 4.62. The van der Waals surface area contributed by atoms with Crippen LogP contribution in [0.15, 0.2) is 41.5 Å². The molecule has 11 heteroatoms. The van der Waals surface area contributed by atoms with Crippen molar-refractivity contribution in [1.29, 1.82) is 0 Å². The first-order chi connectivity index (χ1) is 14.9. The zero-order valence-corrected chi connectivity index (χ0v) is 17.5. The zero-order chi connectivity index (χ0) is 21.8. The molecule has 0 unspecified atom stereocenters. The molecule has 0 aliphatic carbocycles. The largest absolute Gasteiger partial charge is 0.573 e. The molecular formula is C20H22F3N5O2S. The standard InChI is InChI=1S/C20H22F3N5O2S/c21-20(22,23)30-15-4-5-17-16(14-15)18(29)28(31-17)9-2-1-8-26-10-12-27(13-11-26)19-24-6-3-7-25-19/h3-7,14H,1-2,8-13H2. The highest BCUT2D eigenvalue weighted by atomic mass is 32.1. The SMILES string of the molecule is O=c1c2cc(OC(F)(F)F)ccc2sn1CCCCN1CCN(c2ncccn2)CC1. The number of aryl methyl sites for hydroxylation is 1. The number of piperazine rings is 1. The lowest BCUT2D eigenvalue weighted by Gasteiger charge is -2.34.